The Hall–Kier alpha value is -0.460. The Kier molecular flexibility index (Phi) is 2.17. The van der Waals surface area contributed by atoms with E-state index in [2.05, 4.69) is 32.7 Å². The van der Waals surface area contributed by atoms with Crippen LogP contribution in [0.1, 0.15) is 46.5 Å². The molecule has 1 heterocycles. The van der Waals surface area contributed by atoms with Crippen LogP contribution in [0, 0.1) is 16.7 Å². The van der Waals surface area contributed by atoms with Crippen LogP contribution in [-0.2, 0) is 0 Å². The minimum Gasteiger partial charge on any atom is -0.388 e. The molecule has 0 aromatic heterocycles. The van der Waals surface area contributed by atoms with E-state index in [0.717, 1.165) is 5.92 Å². The van der Waals surface area contributed by atoms with Gasteiger partial charge in [0.15, 0.2) is 0 Å². The molecule has 1 saturated carbocycles. The molecule has 0 amide bonds. The molecule has 1 aliphatic carbocycles. The van der Waals surface area contributed by atoms with Gasteiger partial charge in [0.2, 0.25) is 0 Å². The van der Waals surface area contributed by atoms with E-state index in [-0.39, 0.29) is 0 Å². The van der Waals surface area contributed by atoms with Crippen LogP contribution in [0.5, 0.6) is 0 Å². The maximum Gasteiger partial charge on any atom is 0.0206 e. The van der Waals surface area contributed by atoms with Crippen molar-refractivity contribution in [1.82, 2.24) is 5.32 Å². The van der Waals surface area contributed by atoms with Gasteiger partial charge in [0, 0.05) is 18.2 Å². The SMILES string of the molecule is C=C1NCC2(CCC2)C1CC(C)(C)C. The van der Waals surface area contributed by atoms with Gasteiger partial charge in [-0.1, -0.05) is 33.8 Å². The summed E-state index contributed by atoms with van der Waals surface area (Å²) in [7, 11) is 0. The maximum absolute atomic E-state index is 4.19. The molecule has 80 valence electrons. The smallest absolute Gasteiger partial charge is 0.0206 e. The van der Waals surface area contributed by atoms with E-state index in [1.807, 2.05) is 0 Å². The summed E-state index contributed by atoms with van der Waals surface area (Å²) in [5.41, 5.74) is 2.34. The number of hydrogen-bond acceptors (Lipinski definition) is 1. The molecule has 2 fully saturated rings. The van der Waals surface area contributed by atoms with Crippen LogP contribution < -0.4 is 5.32 Å². The molecule has 0 bridgehead atoms. The molecular formula is C13H23N. The Morgan fingerprint density at radius 1 is 1.43 bits per heavy atom. The summed E-state index contributed by atoms with van der Waals surface area (Å²) >= 11 is 0. The third-order valence-electron chi connectivity index (χ3n) is 3.99. The van der Waals surface area contributed by atoms with Gasteiger partial charge in [0.25, 0.3) is 0 Å². The summed E-state index contributed by atoms with van der Waals surface area (Å²) in [6, 6.07) is 0. The first-order chi connectivity index (χ1) is 6.43. The van der Waals surface area contributed by atoms with Crippen molar-refractivity contribution in [2.24, 2.45) is 16.7 Å². The second-order valence-electron chi connectivity index (χ2n) is 6.41. The predicted molar refractivity (Wildman–Crippen MR) is 61.0 cm³/mol. The van der Waals surface area contributed by atoms with Crippen molar-refractivity contribution in [3.05, 3.63) is 12.3 Å². The lowest BCUT2D eigenvalue weighted by atomic mass is 9.59. The molecule has 1 saturated heterocycles. The first-order valence-corrected chi connectivity index (χ1v) is 5.86. The highest BCUT2D eigenvalue weighted by molar-refractivity contribution is 5.16. The molecule has 0 aromatic rings. The second kappa shape index (κ2) is 3.01. The molecule has 1 atom stereocenters. The average Bonchev–Trinajstić information content (AvgIpc) is 2.25. The highest BCUT2D eigenvalue weighted by Gasteiger charge is 2.49. The van der Waals surface area contributed by atoms with Gasteiger partial charge in [-0.15, -0.1) is 0 Å². The maximum atomic E-state index is 4.19. The van der Waals surface area contributed by atoms with Gasteiger partial charge >= 0.3 is 0 Å². The molecule has 14 heavy (non-hydrogen) atoms. The lowest BCUT2D eigenvalue weighted by Crippen LogP contribution is -2.38. The number of allylic oxidation sites excluding steroid dienone is 1. The van der Waals surface area contributed by atoms with Crippen LogP contribution in [0.25, 0.3) is 0 Å². The zero-order valence-electron chi connectivity index (χ0n) is 9.82. The zero-order valence-corrected chi connectivity index (χ0v) is 9.82. The van der Waals surface area contributed by atoms with Crippen LogP contribution in [-0.4, -0.2) is 6.54 Å². The van der Waals surface area contributed by atoms with Gasteiger partial charge in [-0.05, 0) is 30.1 Å². The van der Waals surface area contributed by atoms with E-state index in [1.165, 1.54) is 37.9 Å². The van der Waals surface area contributed by atoms with E-state index >= 15 is 0 Å². The molecule has 0 aromatic carbocycles. The molecule has 1 nitrogen and oxygen atoms in total. The van der Waals surface area contributed by atoms with Gasteiger partial charge in [-0.25, -0.2) is 0 Å². The van der Waals surface area contributed by atoms with Crippen molar-refractivity contribution in [2.75, 3.05) is 6.54 Å². The first-order valence-electron chi connectivity index (χ1n) is 5.86. The van der Waals surface area contributed by atoms with Gasteiger partial charge in [-0.3, -0.25) is 0 Å². The quantitative estimate of drug-likeness (QED) is 0.673. The highest BCUT2D eigenvalue weighted by Crippen LogP contribution is 2.54. The third-order valence-corrected chi connectivity index (χ3v) is 3.99. The van der Waals surface area contributed by atoms with Crippen molar-refractivity contribution >= 4 is 0 Å². The molecule has 1 N–H and O–H groups in total. The van der Waals surface area contributed by atoms with E-state index in [9.17, 15) is 0 Å². The van der Waals surface area contributed by atoms with Gasteiger partial charge < -0.3 is 5.32 Å². The van der Waals surface area contributed by atoms with Gasteiger partial charge in [-0.2, -0.15) is 0 Å². The van der Waals surface area contributed by atoms with Crippen LogP contribution >= 0.6 is 0 Å². The van der Waals surface area contributed by atoms with E-state index in [1.54, 1.807) is 0 Å². The lowest BCUT2D eigenvalue weighted by Gasteiger charge is -2.44. The molecule has 2 rings (SSSR count). The minimum atomic E-state index is 0.433. The Balaban J connectivity index is 2.10. The first kappa shape index (κ1) is 10.1. The van der Waals surface area contributed by atoms with Crippen molar-refractivity contribution in [2.45, 2.75) is 46.5 Å². The number of hydrogen-bond donors (Lipinski definition) is 1. The van der Waals surface area contributed by atoms with E-state index in [4.69, 9.17) is 0 Å². The third kappa shape index (κ3) is 1.57. The molecule has 0 radical (unpaired) electrons. The standard InChI is InChI=1S/C13H23N/c1-10-11(8-12(2,3)4)13(9-14-10)6-5-7-13/h11,14H,1,5-9H2,2-4H3. The van der Waals surface area contributed by atoms with Gasteiger partial charge in [0.1, 0.15) is 0 Å². The summed E-state index contributed by atoms with van der Waals surface area (Å²) in [4.78, 5) is 0. The second-order valence-corrected chi connectivity index (χ2v) is 6.41. The topological polar surface area (TPSA) is 12.0 Å². The highest BCUT2D eigenvalue weighted by atomic mass is 15.0. The van der Waals surface area contributed by atoms with Crippen molar-refractivity contribution in [3.63, 3.8) is 0 Å². The fourth-order valence-corrected chi connectivity index (χ4v) is 3.01. The molecule has 1 aliphatic heterocycles. The molecule has 1 unspecified atom stereocenters. The summed E-state index contributed by atoms with van der Waals surface area (Å²) in [6.45, 7) is 12.4. The van der Waals surface area contributed by atoms with Crippen LogP contribution in [0.15, 0.2) is 12.3 Å². The van der Waals surface area contributed by atoms with Crippen molar-refractivity contribution in [3.8, 4) is 0 Å². The monoisotopic (exact) mass is 193 g/mol. The summed E-state index contributed by atoms with van der Waals surface area (Å²) in [5.74, 6) is 0.733. The van der Waals surface area contributed by atoms with E-state index < -0.39 is 0 Å². The Labute approximate surface area is 88.0 Å². The van der Waals surface area contributed by atoms with Gasteiger partial charge in [0.05, 0.1) is 0 Å². The Bertz CT molecular complexity index is 242. The minimum absolute atomic E-state index is 0.433. The fraction of sp³-hybridized carbons (Fsp3) is 0.846. The van der Waals surface area contributed by atoms with Crippen LogP contribution in [0.4, 0.5) is 0 Å². The average molecular weight is 193 g/mol. The van der Waals surface area contributed by atoms with Crippen molar-refractivity contribution in [1.29, 1.82) is 0 Å². The van der Waals surface area contributed by atoms with E-state index in [0.29, 0.717) is 10.8 Å². The van der Waals surface area contributed by atoms with Crippen molar-refractivity contribution < 1.29 is 0 Å². The summed E-state index contributed by atoms with van der Waals surface area (Å²) in [5, 5.41) is 3.49. The van der Waals surface area contributed by atoms with Crippen LogP contribution in [0.2, 0.25) is 0 Å². The summed E-state index contributed by atoms with van der Waals surface area (Å²) in [6.07, 6.45) is 5.55. The Morgan fingerprint density at radius 3 is 2.50 bits per heavy atom. The number of nitrogens with one attached hydrogen (secondary N) is 1. The normalized spacial score (nSPS) is 30.2. The zero-order chi connectivity index (χ0) is 10.4. The largest absolute Gasteiger partial charge is 0.388 e. The fourth-order valence-electron chi connectivity index (χ4n) is 3.01. The molecule has 2 aliphatic rings. The molecule has 1 spiro atoms. The molecular weight excluding hydrogens is 170 g/mol. The van der Waals surface area contributed by atoms with Crippen LogP contribution in [0.3, 0.4) is 0 Å². The number of rotatable bonds is 1. The lowest BCUT2D eigenvalue weighted by molar-refractivity contribution is 0.0787. The predicted octanol–water partition coefficient (Wildman–Crippen LogP) is 3.33. The molecule has 1 heteroatoms. The Morgan fingerprint density at radius 2 is 2.07 bits per heavy atom. The summed E-state index contributed by atoms with van der Waals surface area (Å²) < 4.78 is 0.